The molecule has 0 saturated heterocycles. The predicted molar refractivity (Wildman–Crippen MR) is 466 cm³/mol. The van der Waals surface area contributed by atoms with Gasteiger partial charge in [-0.2, -0.15) is 0 Å². The molecule has 24 nitrogen and oxygen atoms in total. The molecule has 3 N–H and O–H groups in total. The number of hydrogen-bond donors (Lipinski definition) is 3. The number of aromatic nitrogens is 9. The number of imidazole rings is 3. The van der Waals surface area contributed by atoms with Crippen LogP contribution in [0, 0.1) is 37.2 Å². The molecule has 126 heavy (non-hydrogen) atoms. The van der Waals surface area contributed by atoms with Crippen molar-refractivity contribution in [1.82, 2.24) is 43.6 Å². The quantitative estimate of drug-likeness (QED) is 0.0404. The molecule has 27 heteroatoms. The third-order valence-electron chi connectivity index (χ3n) is 22.9. The summed E-state index contributed by atoms with van der Waals surface area (Å²) in [6, 6.07) is 63.5. The van der Waals surface area contributed by atoms with Gasteiger partial charge in [-0.05, 0) is 181 Å². The average Bonchev–Trinajstić information content (AvgIpc) is 1.61. The maximum atomic E-state index is 14.3. The third kappa shape index (κ3) is 18.2. The van der Waals surface area contributed by atoms with Gasteiger partial charge in [-0.25, -0.2) is 72.0 Å². The van der Waals surface area contributed by atoms with Crippen molar-refractivity contribution in [3.8, 4) is 51.4 Å². The molecule has 0 aliphatic heterocycles. The van der Waals surface area contributed by atoms with E-state index < -0.39 is 35.4 Å². The molecule has 15 aromatic rings. The number of methoxy groups -OCH3 is 3. The first-order valence-electron chi connectivity index (χ1n) is 40.7. The molecule has 0 radical (unpaired) electrons. The first kappa shape index (κ1) is 84.4. The van der Waals surface area contributed by atoms with Crippen LogP contribution < -0.4 is 14.2 Å². The second-order valence-corrected chi connectivity index (χ2v) is 30.5. The number of carboxylic acid groups (broad SMARTS) is 3. The van der Waals surface area contributed by atoms with E-state index in [1.54, 1.807) is 131 Å². The standard InChI is InChI=1S/3C33H27FN4O4/c3*1-35-24-10-6-23(27(34)18-24)19-42-31-5-3-4-28(36-31)21-8-11-25-20(16-21)7-12-26(25)32-37-29-13-9-22(33(39)40)17-30(29)38(32)14-15-41-2/h3*3-6,8-11,13,16-18,26H,7,12,14-15,19H2,2H3,(H,39,40). The lowest BCUT2D eigenvalue weighted by molar-refractivity contribution is 0.0686. The average molecular weight is 1690 g/mol. The van der Waals surface area contributed by atoms with E-state index in [0.29, 0.717) is 73.8 Å². The van der Waals surface area contributed by atoms with Crippen LogP contribution in [-0.4, -0.2) is 118 Å². The fourth-order valence-electron chi connectivity index (χ4n) is 16.6. The van der Waals surface area contributed by atoms with Gasteiger partial charge in [0.15, 0.2) is 17.1 Å². The smallest absolute Gasteiger partial charge is 0.335 e. The Hall–Kier alpha value is -15.2. The minimum Gasteiger partial charge on any atom is -0.478 e. The van der Waals surface area contributed by atoms with E-state index in [0.717, 1.165) is 123 Å². The molecule has 3 unspecified atom stereocenters. The minimum absolute atomic E-state index is 0.00443. The SMILES string of the molecule is [C-]#[N+]c1ccc(COc2cccc(-c3ccc4c(c3)CCC4c3nc4ccc(C(=O)O)cc4n3CCOC)n2)c(F)c1.[C-]#[N+]c1ccc(COc2cccc(-c3ccc4c(c3)CCC4c3nc4ccc(C(=O)O)cc4n3CCOC)n2)c(F)c1.[C-]#[N+]c1ccc(COc2cccc(-c3ccc4c(c3)CCC4c3nc4ccc(C(=O)O)cc4n3CCOC)n2)c(F)c1. The molecule has 0 bridgehead atoms. The molecule has 3 atom stereocenters. The van der Waals surface area contributed by atoms with Crippen LogP contribution in [0.5, 0.6) is 17.6 Å². The van der Waals surface area contributed by atoms with Gasteiger partial charge in [0.2, 0.25) is 17.6 Å². The van der Waals surface area contributed by atoms with Crippen LogP contribution >= 0.6 is 0 Å². The molecule has 6 aromatic heterocycles. The summed E-state index contributed by atoms with van der Waals surface area (Å²) in [5.74, 6) is -0.292. The molecule has 0 fully saturated rings. The fourth-order valence-corrected chi connectivity index (χ4v) is 16.6. The zero-order valence-corrected chi connectivity index (χ0v) is 68.6. The van der Waals surface area contributed by atoms with Gasteiger partial charge in [-0.1, -0.05) is 91.0 Å². The summed E-state index contributed by atoms with van der Waals surface area (Å²) in [6.45, 7) is 24.2. The van der Waals surface area contributed by atoms with E-state index in [4.69, 9.17) is 63.1 Å². The van der Waals surface area contributed by atoms with Crippen molar-refractivity contribution < 1.29 is 71.3 Å². The Balaban J connectivity index is 0.000000139. The molecule has 3 aliphatic rings. The largest absolute Gasteiger partial charge is 0.478 e. The van der Waals surface area contributed by atoms with Gasteiger partial charge < -0.3 is 57.4 Å². The van der Waals surface area contributed by atoms with E-state index in [1.165, 1.54) is 51.6 Å². The minimum atomic E-state index is -0.970. The number of rotatable bonds is 27. The zero-order chi connectivity index (χ0) is 87.6. The van der Waals surface area contributed by atoms with Crippen molar-refractivity contribution >= 4 is 68.1 Å². The highest BCUT2D eigenvalue weighted by molar-refractivity contribution is 5.94. The Labute approximate surface area is 721 Å². The zero-order valence-electron chi connectivity index (χ0n) is 68.6. The second kappa shape index (κ2) is 37.6. The summed E-state index contributed by atoms with van der Waals surface area (Å²) in [5.41, 5.74) is 19.4. The summed E-state index contributed by atoms with van der Waals surface area (Å²) in [6.07, 6.45) is 5.27. The molecule has 6 heterocycles. The van der Waals surface area contributed by atoms with Gasteiger partial charge in [0.1, 0.15) is 54.7 Å². The summed E-state index contributed by atoms with van der Waals surface area (Å²) in [5, 5.41) is 28.5. The van der Waals surface area contributed by atoms with Gasteiger partial charge in [-0.15, -0.1) is 0 Å². The molecule has 630 valence electrons. The number of halogens is 3. The van der Waals surface area contributed by atoms with Gasteiger partial charge in [0.05, 0.1) is 106 Å². The molecule has 0 saturated carbocycles. The molecule has 0 spiro atoms. The number of benzene rings is 9. The molecule has 0 amide bonds. The van der Waals surface area contributed by atoms with E-state index in [-0.39, 0.29) is 71.3 Å². The Kier molecular flexibility index (Phi) is 25.2. The highest BCUT2D eigenvalue weighted by atomic mass is 19.1. The van der Waals surface area contributed by atoms with E-state index >= 15 is 0 Å². The fraction of sp³-hybridized carbons (Fsp3) is 0.212. The molecule has 9 aromatic carbocycles. The monoisotopic (exact) mass is 1690 g/mol. The lowest BCUT2D eigenvalue weighted by Gasteiger charge is -2.15. The molecule has 3 aliphatic carbocycles. The lowest BCUT2D eigenvalue weighted by atomic mass is 9.98. The van der Waals surface area contributed by atoms with Crippen molar-refractivity contribution in [2.24, 2.45) is 0 Å². The van der Waals surface area contributed by atoms with Crippen LogP contribution in [0.1, 0.15) is 136 Å². The number of fused-ring (bicyclic) bond motifs is 6. The van der Waals surface area contributed by atoms with E-state index in [1.807, 2.05) is 54.6 Å². The molecule has 18 rings (SSSR count). The predicted octanol–water partition coefficient (Wildman–Crippen LogP) is 20.4. The van der Waals surface area contributed by atoms with E-state index in [9.17, 15) is 42.9 Å². The van der Waals surface area contributed by atoms with Crippen LogP contribution in [0.15, 0.2) is 218 Å². The molecular weight excluding hydrogens is 1610 g/mol. The first-order valence-corrected chi connectivity index (χ1v) is 40.7. The van der Waals surface area contributed by atoms with Crippen molar-refractivity contribution in [1.29, 1.82) is 0 Å². The summed E-state index contributed by atoms with van der Waals surface area (Å²) < 4.78 is 82.5. The van der Waals surface area contributed by atoms with Gasteiger partial charge in [0.25, 0.3) is 0 Å². The number of ether oxygens (including phenoxy) is 6. The molecular formula is C99H81F3N12O12. The topological polar surface area (TPSA) is 272 Å². The van der Waals surface area contributed by atoms with Gasteiger partial charge >= 0.3 is 17.9 Å². The summed E-state index contributed by atoms with van der Waals surface area (Å²) in [7, 11) is 4.94. The highest BCUT2D eigenvalue weighted by Crippen LogP contribution is 2.45. The first-order chi connectivity index (χ1) is 61.3. The highest BCUT2D eigenvalue weighted by Gasteiger charge is 2.34. The van der Waals surface area contributed by atoms with Crippen molar-refractivity contribution in [2.75, 3.05) is 41.2 Å². The number of pyridine rings is 3. The van der Waals surface area contributed by atoms with Crippen LogP contribution in [0.4, 0.5) is 30.2 Å². The van der Waals surface area contributed by atoms with Gasteiger partial charge in [-0.3, -0.25) is 0 Å². The van der Waals surface area contributed by atoms with Crippen molar-refractivity contribution in [3.63, 3.8) is 0 Å². The third-order valence-corrected chi connectivity index (χ3v) is 22.9. The van der Waals surface area contributed by atoms with Crippen LogP contribution in [0.3, 0.4) is 0 Å². The number of aryl methyl sites for hydroxylation is 3. The maximum Gasteiger partial charge on any atom is 0.335 e. The van der Waals surface area contributed by atoms with Crippen molar-refractivity contribution in [3.05, 3.63) is 354 Å². The normalized spacial score (nSPS) is 14.1. The Morgan fingerprint density at radius 2 is 0.667 bits per heavy atom. The number of aromatic carboxylic acids is 3. The Bertz CT molecular complexity index is 6220. The summed E-state index contributed by atoms with van der Waals surface area (Å²) in [4.78, 5) is 73.4. The number of carboxylic acids is 3. The van der Waals surface area contributed by atoms with Crippen LogP contribution in [0.2, 0.25) is 0 Å². The Morgan fingerprint density at radius 1 is 0.373 bits per heavy atom. The number of hydrogen-bond acceptors (Lipinski definition) is 15. The van der Waals surface area contributed by atoms with Gasteiger partial charge in [0, 0.05) is 110 Å². The van der Waals surface area contributed by atoms with Crippen LogP contribution in [-0.2, 0) is 72.9 Å². The maximum absolute atomic E-state index is 14.3. The summed E-state index contributed by atoms with van der Waals surface area (Å²) >= 11 is 0. The number of carbonyl (C=O) groups is 3. The lowest BCUT2D eigenvalue weighted by Crippen LogP contribution is -2.12. The number of nitrogens with zero attached hydrogens (tertiary/aromatic N) is 12. The van der Waals surface area contributed by atoms with E-state index in [2.05, 4.69) is 79.6 Å². The second-order valence-electron chi connectivity index (χ2n) is 30.5. The Morgan fingerprint density at radius 3 is 0.929 bits per heavy atom. The van der Waals surface area contributed by atoms with Crippen molar-refractivity contribution in [2.45, 2.75) is 95.7 Å². The van der Waals surface area contributed by atoms with Crippen LogP contribution in [0.25, 0.3) is 81.4 Å².